The Kier molecular flexibility index (Phi) is 6.31. The number of benzene rings is 2. The molecular weight excluding hydrogens is 311 g/mol. The molecular formula is C18H19FN2O3. The van der Waals surface area contributed by atoms with E-state index in [1.807, 2.05) is 12.1 Å². The first-order valence-electron chi connectivity index (χ1n) is 7.55. The average Bonchev–Trinajstić information content (AvgIpc) is 2.55. The van der Waals surface area contributed by atoms with Crippen molar-refractivity contribution in [2.24, 2.45) is 0 Å². The molecule has 0 aliphatic carbocycles. The minimum atomic E-state index is -0.447. The third-order valence-corrected chi connectivity index (χ3v) is 3.19. The van der Waals surface area contributed by atoms with Crippen molar-refractivity contribution in [1.29, 1.82) is 0 Å². The molecule has 2 amide bonds. The van der Waals surface area contributed by atoms with Crippen molar-refractivity contribution in [2.45, 2.75) is 19.9 Å². The van der Waals surface area contributed by atoms with Gasteiger partial charge in [-0.3, -0.25) is 9.59 Å². The molecule has 0 fully saturated rings. The Balaban J connectivity index is 1.71. The summed E-state index contributed by atoms with van der Waals surface area (Å²) < 4.78 is 18.6. The number of ether oxygens (including phenoxy) is 1. The van der Waals surface area contributed by atoms with Gasteiger partial charge >= 0.3 is 0 Å². The van der Waals surface area contributed by atoms with E-state index < -0.39 is 5.82 Å². The molecule has 0 saturated carbocycles. The van der Waals surface area contributed by atoms with Crippen LogP contribution in [0.2, 0.25) is 0 Å². The number of carbonyl (C=O) groups is 2. The molecule has 0 bridgehead atoms. The molecule has 0 spiro atoms. The Labute approximate surface area is 139 Å². The van der Waals surface area contributed by atoms with Crippen molar-refractivity contribution in [3.05, 3.63) is 59.9 Å². The fraction of sp³-hybridized carbons (Fsp3) is 0.222. The molecule has 24 heavy (non-hydrogen) atoms. The zero-order chi connectivity index (χ0) is 17.4. The molecule has 0 atom stereocenters. The molecule has 0 saturated heterocycles. The van der Waals surface area contributed by atoms with Gasteiger partial charge in [-0.25, -0.2) is 4.39 Å². The highest BCUT2D eigenvalue weighted by Gasteiger charge is 2.05. The van der Waals surface area contributed by atoms with Crippen LogP contribution in [-0.2, 0) is 16.1 Å². The van der Waals surface area contributed by atoms with Crippen LogP contribution in [0, 0.1) is 5.82 Å². The van der Waals surface area contributed by atoms with E-state index in [1.54, 1.807) is 24.3 Å². The van der Waals surface area contributed by atoms with Crippen molar-refractivity contribution in [3.63, 3.8) is 0 Å². The predicted octanol–water partition coefficient (Wildman–Crippen LogP) is 2.87. The summed E-state index contributed by atoms with van der Waals surface area (Å²) in [6.45, 7) is 1.92. The summed E-state index contributed by atoms with van der Waals surface area (Å²) in [5, 5.41) is 5.43. The van der Waals surface area contributed by atoms with Crippen molar-refractivity contribution in [3.8, 4) is 5.75 Å². The summed E-state index contributed by atoms with van der Waals surface area (Å²) in [6, 6.07) is 13.2. The Morgan fingerprint density at radius 2 is 1.79 bits per heavy atom. The number of amides is 2. The van der Waals surface area contributed by atoms with E-state index in [9.17, 15) is 14.0 Å². The molecule has 126 valence electrons. The lowest BCUT2D eigenvalue weighted by Crippen LogP contribution is -2.24. The van der Waals surface area contributed by atoms with Crippen molar-refractivity contribution in [2.75, 3.05) is 11.9 Å². The number of anilines is 1. The minimum Gasteiger partial charge on any atom is -0.490 e. The van der Waals surface area contributed by atoms with Crippen LogP contribution in [0.3, 0.4) is 0 Å². The maximum atomic E-state index is 13.3. The molecule has 0 heterocycles. The zero-order valence-electron chi connectivity index (χ0n) is 13.3. The zero-order valence-corrected chi connectivity index (χ0v) is 13.3. The summed E-state index contributed by atoms with van der Waals surface area (Å²) in [4.78, 5) is 22.7. The highest BCUT2D eigenvalue weighted by atomic mass is 19.1. The lowest BCUT2D eigenvalue weighted by molar-refractivity contribution is -0.121. The number of rotatable bonds is 7. The molecule has 0 aromatic heterocycles. The summed E-state index contributed by atoms with van der Waals surface area (Å²) in [7, 11) is 0. The maximum absolute atomic E-state index is 13.3. The third-order valence-electron chi connectivity index (χ3n) is 3.19. The van der Waals surface area contributed by atoms with Gasteiger partial charge in [-0.05, 0) is 29.8 Å². The van der Waals surface area contributed by atoms with Crippen LogP contribution in [0.1, 0.15) is 18.9 Å². The van der Waals surface area contributed by atoms with Gasteiger partial charge in [0.15, 0.2) is 11.6 Å². The van der Waals surface area contributed by atoms with Crippen molar-refractivity contribution < 1.29 is 18.7 Å². The first kappa shape index (κ1) is 17.5. The Bertz CT molecular complexity index is 702. The smallest absolute Gasteiger partial charge is 0.223 e. The topological polar surface area (TPSA) is 67.4 Å². The second kappa shape index (κ2) is 8.67. The molecule has 0 radical (unpaired) electrons. The van der Waals surface area contributed by atoms with Crippen LogP contribution in [0.5, 0.6) is 5.75 Å². The first-order valence-corrected chi connectivity index (χ1v) is 7.55. The number of nitrogens with one attached hydrogen (secondary N) is 2. The summed E-state index contributed by atoms with van der Waals surface area (Å²) in [6.07, 6.45) is 0.137. The third kappa shape index (κ3) is 5.72. The molecule has 2 aromatic carbocycles. The van der Waals surface area contributed by atoms with Gasteiger partial charge in [-0.2, -0.15) is 0 Å². The number of hydrogen-bond donors (Lipinski definition) is 2. The Morgan fingerprint density at radius 1 is 1.08 bits per heavy atom. The highest BCUT2D eigenvalue weighted by Crippen LogP contribution is 2.15. The largest absolute Gasteiger partial charge is 0.490 e. The van der Waals surface area contributed by atoms with Gasteiger partial charge in [-0.15, -0.1) is 0 Å². The second-order valence-corrected chi connectivity index (χ2v) is 5.18. The molecule has 6 heteroatoms. The quantitative estimate of drug-likeness (QED) is 0.820. The number of para-hydroxylation sites is 1. The first-order chi connectivity index (χ1) is 11.5. The van der Waals surface area contributed by atoms with Crippen LogP contribution < -0.4 is 15.4 Å². The van der Waals surface area contributed by atoms with Gasteiger partial charge in [0.2, 0.25) is 11.8 Å². The molecule has 0 aliphatic rings. The van der Waals surface area contributed by atoms with E-state index in [2.05, 4.69) is 10.6 Å². The normalized spacial score (nSPS) is 10.1. The second-order valence-electron chi connectivity index (χ2n) is 5.18. The minimum absolute atomic E-state index is 0.105. The maximum Gasteiger partial charge on any atom is 0.223 e. The van der Waals surface area contributed by atoms with E-state index in [0.717, 1.165) is 5.56 Å². The Hall–Kier alpha value is -2.89. The summed E-state index contributed by atoms with van der Waals surface area (Å²) in [5.41, 5.74) is 1.61. The fourth-order valence-corrected chi connectivity index (χ4v) is 2.01. The number of carbonyl (C=O) groups excluding carboxylic acids is 2. The van der Waals surface area contributed by atoms with Crippen LogP contribution in [-0.4, -0.2) is 18.4 Å². The van der Waals surface area contributed by atoms with Crippen LogP contribution in [0.15, 0.2) is 48.5 Å². The monoisotopic (exact) mass is 330 g/mol. The highest BCUT2D eigenvalue weighted by molar-refractivity contribution is 5.88. The standard InChI is InChI=1S/C18H19FN2O3/c1-13(22)21-15-8-6-14(7-9-15)12-20-18(23)10-11-24-17-5-3-2-4-16(17)19/h2-9H,10-12H2,1H3,(H,20,23)(H,21,22). The van der Waals surface area contributed by atoms with Crippen molar-refractivity contribution in [1.82, 2.24) is 5.32 Å². The van der Waals surface area contributed by atoms with E-state index in [0.29, 0.717) is 12.2 Å². The predicted molar refractivity (Wildman–Crippen MR) is 89.1 cm³/mol. The number of hydrogen-bond acceptors (Lipinski definition) is 3. The SMILES string of the molecule is CC(=O)Nc1ccc(CNC(=O)CCOc2ccccc2F)cc1. The van der Waals surface area contributed by atoms with Gasteiger partial charge in [0.25, 0.3) is 0 Å². The number of halogens is 1. The Morgan fingerprint density at radius 3 is 2.46 bits per heavy atom. The van der Waals surface area contributed by atoms with Gasteiger partial charge in [-0.1, -0.05) is 24.3 Å². The van der Waals surface area contributed by atoms with Crippen LogP contribution in [0.4, 0.5) is 10.1 Å². The van der Waals surface area contributed by atoms with Gasteiger partial charge in [0, 0.05) is 19.2 Å². The van der Waals surface area contributed by atoms with Gasteiger partial charge in [0.1, 0.15) is 0 Å². The molecule has 0 aliphatic heterocycles. The van der Waals surface area contributed by atoms with Crippen molar-refractivity contribution >= 4 is 17.5 Å². The lowest BCUT2D eigenvalue weighted by atomic mass is 10.2. The molecule has 0 unspecified atom stereocenters. The molecule has 2 N–H and O–H groups in total. The molecule has 5 nitrogen and oxygen atoms in total. The van der Waals surface area contributed by atoms with E-state index in [-0.39, 0.29) is 30.6 Å². The van der Waals surface area contributed by atoms with E-state index >= 15 is 0 Å². The molecule has 2 rings (SSSR count). The van der Waals surface area contributed by atoms with E-state index in [4.69, 9.17) is 4.74 Å². The summed E-state index contributed by atoms with van der Waals surface area (Å²) >= 11 is 0. The van der Waals surface area contributed by atoms with Gasteiger partial charge < -0.3 is 15.4 Å². The van der Waals surface area contributed by atoms with Gasteiger partial charge in [0.05, 0.1) is 13.0 Å². The van der Waals surface area contributed by atoms with E-state index in [1.165, 1.54) is 19.1 Å². The van der Waals surface area contributed by atoms with Crippen LogP contribution in [0.25, 0.3) is 0 Å². The fourth-order valence-electron chi connectivity index (χ4n) is 2.01. The molecule has 2 aromatic rings. The summed E-state index contributed by atoms with van der Waals surface area (Å²) in [5.74, 6) is -0.626. The average molecular weight is 330 g/mol. The lowest BCUT2D eigenvalue weighted by Gasteiger charge is -2.08. The van der Waals surface area contributed by atoms with Crippen LogP contribution >= 0.6 is 0 Å².